The minimum absolute atomic E-state index is 0.0912. The van der Waals surface area contributed by atoms with Gasteiger partial charge in [0.25, 0.3) is 5.91 Å². The van der Waals surface area contributed by atoms with E-state index in [0.29, 0.717) is 5.92 Å². The van der Waals surface area contributed by atoms with Crippen molar-refractivity contribution in [2.24, 2.45) is 13.0 Å². The Bertz CT molecular complexity index is 469. The normalized spacial score (nSPS) is 24.4. The number of carbonyl (C=O) groups is 1. The fourth-order valence-corrected chi connectivity index (χ4v) is 2.72. The number of piperidine rings is 1. The Hall–Kier alpha value is -1.03. The monoisotopic (exact) mass is 269 g/mol. The highest BCUT2D eigenvalue weighted by molar-refractivity contribution is 6.20. The van der Waals surface area contributed by atoms with Gasteiger partial charge >= 0.3 is 0 Å². The van der Waals surface area contributed by atoms with Gasteiger partial charge in [-0.1, -0.05) is 6.92 Å². The third-order valence-corrected chi connectivity index (χ3v) is 4.46. The summed E-state index contributed by atoms with van der Waals surface area (Å²) in [5, 5.41) is 4.49. The van der Waals surface area contributed by atoms with E-state index in [2.05, 4.69) is 12.0 Å². The lowest BCUT2D eigenvalue weighted by atomic mass is 9.98. The number of aromatic nitrogens is 2. The molecule has 1 fully saturated rings. The van der Waals surface area contributed by atoms with Crippen LogP contribution in [0.4, 0.5) is 0 Å². The van der Waals surface area contributed by atoms with Gasteiger partial charge in [-0.3, -0.25) is 9.48 Å². The zero-order valence-electron chi connectivity index (χ0n) is 11.4. The van der Waals surface area contributed by atoms with Crippen molar-refractivity contribution in [3.05, 3.63) is 17.0 Å². The number of alkyl halides is 1. The molecule has 1 aliphatic rings. The van der Waals surface area contributed by atoms with Crippen LogP contribution in [-0.4, -0.2) is 39.1 Å². The number of nitrogens with zero attached hydrogens (tertiary/aromatic N) is 3. The highest BCUT2D eigenvalue weighted by Crippen LogP contribution is 2.24. The van der Waals surface area contributed by atoms with Crippen LogP contribution in [0.2, 0.25) is 0 Å². The predicted octanol–water partition coefficient (Wildman–Crippen LogP) is 2.13. The van der Waals surface area contributed by atoms with Gasteiger partial charge in [-0.25, -0.2) is 0 Å². The molecule has 2 rings (SSSR count). The second kappa shape index (κ2) is 4.92. The van der Waals surface area contributed by atoms with Crippen molar-refractivity contribution in [2.45, 2.75) is 32.6 Å². The molecule has 0 saturated carbocycles. The fourth-order valence-electron chi connectivity index (χ4n) is 2.54. The summed E-state index contributed by atoms with van der Waals surface area (Å²) < 4.78 is 1.76. The smallest absolute Gasteiger partial charge is 0.257 e. The largest absolute Gasteiger partial charge is 0.338 e. The Kier molecular flexibility index (Phi) is 3.66. The van der Waals surface area contributed by atoms with Gasteiger partial charge in [0.15, 0.2) is 0 Å². The Balaban J connectivity index is 2.21. The summed E-state index contributed by atoms with van der Waals surface area (Å²) in [4.78, 5) is 14.4. The molecule has 4 nitrogen and oxygen atoms in total. The Morgan fingerprint density at radius 1 is 1.44 bits per heavy atom. The average molecular weight is 270 g/mol. The van der Waals surface area contributed by atoms with Crippen LogP contribution < -0.4 is 0 Å². The molecular weight excluding hydrogens is 250 g/mol. The minimum Gasteiger partial charge on any atom is -0.338 e. The van der Waals surface area contributed by atoms with Crippen LogP contribution in [0, 0.1) is 19.8 Å². The molecule has 1 aromatic heterocycles. The third-order valence-electron chi connectivity index (χ3n) is 3.81. The van der Waals surface area contributed by atoms with Crippen molar-refractivity contribution < 1.29 is 4.79 Å². The summed E-state index contributed by atoms with van der Waals surface area (Å²) in [5.74, 6) is 0.440. The molecule has 2 atom stereocenters. The summed E-state index contributed by atoms with van der Waals surface area (Å²) in [5.41, 5.74) is 2.48. The Morgan fingerprint density at radius 3 is 2.61 bits per heavy atom. The van der Waals surface area contributed by atoms with Gasteiger partial charge in [0.05, 0.1) is 11.3 Å². The molecule has 0 bridgehead atoms. The van der Waals surface area contributed by atoms with Crippen molar-refractivity contribution in [3.8, 4) is 0 Å². The highest BCUT2D eigenvalue weighted by atomic mass is 35.5. The first-order valence-electron chi connectivity index (χ1n) is 6.35. The summed E-state index contributed by atoms with van der Waals surface area (Å²) in [7, 11) is 1.87. The molecule has 0 radical (unpaired) electrons. The molecule has 0 aliphatic carbocycles. The first kappa shape index (κ1) is 13.4. The molecule has 2 heterocycles. The van der Waals surface area contributed by atoms with Gasteiger partial charge in [-0.2, -0.15) is 5.10 Å². The number of aryl methyl sites for hydroxylation is 2. The van der Waals surface area contributed by atoms with Gasteiger partial charge in [-0.05, 0) is 26.2 Å². The molecule has 1 saturated heterocycles. The summed E-state index contributed by atoms with van der Waals surface area (Å²) in [6, 6.07) is 0. The van der Waals surface area contributed by atoms with Crippen molar-refractivity contribution in [3.63, 3.8) is 0 Å². The van der Waals surface area contributed by atoms with Gasteiger partial charge in [0.2, 0.25) is 0 Å². The van der Waals surface area contributed by atoms with Crippen LogP contribution >= 0.6 is 11.6 Å². The van der Waals surface area contributed by atoms with E-state index in [1.807, 2.05) is 25.8 Å². The molecule has 0 spiro atoms. The van der Waals surface area contributed by atoms with E-state index in [-0.39, 0.29) is 11.3 Å². The van der Waals surface area contributed by atoms with Gasteiger partial charge in [0.1, 0.15) is 0 Å². The van der Waals surface area contributed by atoms with Crippen molar-refractivity contribution in [2.75, 3.05) is 13.1 Å². The lowest BCUT2D eigenvalue weighted by molar-refractivity contribution is 0.0685. The molecule has 0 N–H and O–H groups in total. The lowest BCUT2D eigenvalue weighted by Crippen LogP contribution is -2.43. The topological polar surface area (TPSA) is 38.1 Å². The first-order valence-corrected chi connectivity index (χ1v) is 6.79. The molecular formula is C13H20ClN3O. The predicted molar refractivity (Wildman–Crippen MR) is 72.0 cm³/mol. The Morgan fingerprint density at radius 2 is 2.11 bits per heavy atom. The number of halogens is 1. The maximum atomic E-state index is 12.5. The maximum absolute atomic E-state index is 12.5. The van der Waals surface area contributed by atoms with Crippen LogP contribution in [-0.2, 0) is 7.05 Å². The molecule has 2 unspecified atom stereocenters. The van der Waals surface area contributed by atoms with Gasteiger partial charge < -0.3 is 4.90 Å². The van der Waals surface area contributed by atoms with Crippen molar-refractivity contribution in [1.82, 2.24) is 14.7 Å². The molecule has 1 aliphatic heterocycles. The second-order valence-electron chi connectivity index (χ2n) is 5.20. The van der Waals surface area contributed by atoms with E-state index in [4.69, 9.17) is 11.6 Å². The molecule has 100 valence electrons. The zero-order chi connectivity index (χ0) is 13.4. The van der Waals surface area contributed by atoms with Gasteiger partial charge in [0, 0.05) is 31.2 Å². The summed E-state index contributed by atoms with van der Waals surface area (Å²) in [6.07, 6.45) is 0.868. The number of hydrogen-bond acceptors (Lipinski definition) is 2. The summed E-state index contributed by atoms with van der Waals surface area (Å²) in [6.45, 7) is 7.40. The van der Waals surface area contributed by atoms with E-state index in [1.165, 1.54) is 0 Å². The first-order chi connectivity index (χ1) is 8.41. The molecule has 1 aromatic rings. The zero-order valence-corrected chi connectivity index (χ0v) is 12.2. The van der Waals surface area contributed by atoms with E-state index in [1.54, 1.807) is 4.68 Å². The third kappa shape index (κ3) is 2.26. The highest BCUT2D eigenvalue weighted by Gasteiger charge is 2.30. The maximum Gasteiger partial charge on any atom is 0.257 e. The minimum atomic E-state index is 0.0912. The quantitative estimate of drug-likeness (QED) is 0.733. The van der Waals surface area contributed by atoms with Gasteiger partial charge in [-0.15, -0.1) is 11.6 Å². The van der Waals surface area contributed by atoms with E-state index in [9.17, 15) is 4.79 Å². The number of hydrogen-bond donors (Lipinski definition) is 0. The van der Waals surface area contributed by atoms with Crippen LogP contribution in [0.3, 0.4) is 0 Å². The van der Waals surface area contributed by atoms with Crippen LogP contribution in [0.15, 0.2) is 0 Å². The molecule has 1 amide bonds. The van der Waals surface area contributed by atoms with Crippen LogP contribution in [0.1, 0.15) is 35.1 Å². The van der Waals surface area contributed by atoms with E-state index < -0.39 is 0 Å². The van der Waals surface area contributed by atoms with Crippen LogP contribution in [0.5, 0.6) is 0 Å². The molecule has 0 aromatic carbocycles. The van der Waals surface area contributed by atoms with E-state index in [0.717, 1.165) is 36.5 Å². The summed E-state index contributed by atoms with van der Waals surface area (Å²) >= 11 is 6.20. The van der Waals surface area contributed by atoms with E-state index >= 15 is 0 Å². The molecule has 5 heteroatoms. The number of carbonyl (C=O) groups excluding carboxylic acids is 1. The fraction of sp³-hybridized carbons (Fsp3) is 0.692. The lowest BCUT2D eigenvalue weighted by Gasteiger charge is -2.34. The number of amides is 1. The van der Waals surface area contributed by atoms with Crippen molar-refractivity contribution in [1.29, 1.82) is 0 Å². The average Bonchev–Trinajstić information content (AvgIpc) is 2.56. The molecule has 18 heavy (non-hydrogen) atoms. The standard InChI is InChI=1S/C13H20ClN3O/c1-8-7-17(6-5-11(8)14)13(18)12-9(2)15-16(4)10(12)3/h8,11H,5-7H2,1-4H3. The number of rotatable bonds is 1. The SMILES string of the molecule is Cc1nn(C)c(C)c1C(=O)N1CCC(Cl)C(C)C1. The second-order valence-corrected chi connectivity index (χ2v) is 5.76. The van der Waals surface area contributed by atoms with Crippen LogP contribution in [0.25, 0.3) is 0 Å². The Labute approximate surface area is 113 Å². The number of likely N-dealkylation sites (tertiary alicyclic amines) is 1. The van der Waals surface area contributed by atoms with Crippen molar-refractivity contribution >= 4 is 17.5 Å².